The summed E-state index contributed by atoms with van der Waals surface area (Å²) in [6.45, 7) is 4.87. The first-order chi connectivity index (χ1) is 10.6. The highest BCUT2D eigenvalue weighted by atomic mass is 79.9. The smallest absolute Gasteiger partial charge is 0.413 e. The molecule has 0 spiro atoms. The lowest BCUT2D eigenvalue weighted by atomic mass is 10.3. The van der Waals surface area contributed by atoms with E-state index in [0.717, 1.165) is 23.2 Å². The fourth-order valence-corrected chi connectivity index (χ4v) is 2.47. The van der Waals surface area contributed by atoms with E-state index in [0.29, 0.717) is 19.0 Å². The Bertz CT molecular complexity index is 552. The van der Waals surface area contributed by atoms with Gasteiger partial charge in [-0.3, -0.25) is 5.32 Å². The molecule has 0 radical (unpaired) electrons. The van der Waals surface area contributed by atoms with E-state index in [2.05, 4.69) is 36.4 Å². The molecule has 120 valence electrons. The van der Waals surface area contributed by atoms with Crippen LogP contribution in [0.2, 0.25) is 0 Å². The van der Waals surface area contributed by atoms with Gasteiger partial charge in [0.2, 0.25) is 0 Å². The van der Waals surface area contributed by atoms with Gasteiger partial charge in [-0.15, -0.1) is 0 Å². The maximum atomic E-state index is 11.4. The summed E-state index contributed by atoms with van der Waals surface area (Å²) in [6, 6.07) is 1.95. The Hall–Kier alpha value is -1.45. The minimum absolute atomic E-state index is 0.141. The van der Waals surface area contributed by atoms with E-state index in [1.165, 1.54) is 0 Å². The van der Waals surface area contributed by atoms with Gasteiger partial charge in [-0.2, -0.15) is 0 Å². The van der Waals surface area contributed by atoms with Crippen molar-refractivity contribution in [3.05, 3.63) is 16.7 Å². The molecule has 9 heteroatoms. The van der Waals surface area contributed by atoms with Crippen molar-refractivity contribution in [2.75, 3.05) is 43.1 Å². The Morgan fingerprint density at radius 2 is 2.27 bits per heavy atom. The SMILES string of the molecule is CCOC(=O)NC(=S)Nc1ncc(Br)cc1N1CCOCC1. The number of nitrogens with zero attached hydrogens (tertiary/aromatic N) is 2. The average Bonchev–Trinajstić information content (AvgIpc) is 2.50. The summed E-state index contributed by atoms with van der Waals surface area (Å²) in [5, 5.41) is 5.51. The Labute approximate surface area is 142 Å². The zero-order chi connectivity index (χ0) is 15.9. The van der Waals surface area contributed by atoms with E-state index < -0.39 is 6.09 Å². The van der Waals surface area contributed by atoms with E-state index in [1.807, 2.05) is 6.07 Å². The lowest BCUT2D eigenvalue weighted by molar-refractivity contribution is 0.122. The quantitative estimate of drug-likeness (QED) is 0.767. The number of alkyl carbamates (subject to hydrolysis) is 1. The molecule has 1 saturated heterocycles. The Balaban J connectivity index is 2.09. The molecule has 7 nitrogen and oxygen atoms in total. The first-order valence-corrected chi connectivity index (χ1v) is 8.03. The maximum absolute atomic E-state index is 11.4. The van der Waals surface area contributed by atoms with Crippen molar-refractivity contribution in [3.63, 3.8) is 0 Å². The minimum Gasteiger partial charge on any atom is -0.450 e. The molecule has 1 aromatic rings. The summed E-state index contributed by atoms with van der Waals surface area (Å²) in [4.78, 5) is 17.8. The van der Waals surface area contributed by atoms with Crippen molar-refractivity contribution in [3.8, 4) is 0 Å². The zero-order valence-electron chi connectivity index (χ0n) is 12.1. The molecule has 0 atom stereocenters. The third kappa shape index (κ3) is 4.79. The fourth-order valence-electron chi connectivity index (χ4n) is 1.97. The molecule has 2 heterocycles. The Morgan fingerprint density at radius 1 is 1.55 bits per heavy atom. The van der Waals surface area contributed by atoms with Crippen LogP contribution in [-0.4, -0.2) is 49.1 Å². The molecule has 0 aromatic carbocycles. The van der Waals surface area contributed by atoms with Gasteiger partial charge in [-0.1, -0.05) is 0 Å². The average molecular weight is 389 g/mol. The van der Waals surface area contributed by atoms with Gasteiger partial charge in [0.25, 0.3) is 0 Å². The highest BCUT2D eigenvalue weighted by molar-refractivity contribution is 9.10. The van der Waals surface area contributed by atoms with Crippen LogP contribution in [0.1, 0.15) is 6.92 Å². The number of ether oxygens (including phenoxy) is 2. The second kappa shape index (κ2) is 8.25. The van der Waals surface area contributed by atoms with Crippen LogP contribution in [0.4, 0.5) is 16.3 Å². The number of carbonyl (C=O) groups excluding carboxylic acids is 1. The van der Waals surface area contributed by atoms with Gasteiger partial charge in [-0.25, -0.2) is 9.78 Å². The van der Waals surface area contributed by atoms with E-state index in [9.17, 15) is 4.79 Å². The molecule has 0 aliphatic carbocycles. The number of hydrogen-bond donors (Lipinski definition) is 2. The van der Waals surface area contributed by atoms with E-state index in [1.54, 1.807) is 13.1 Å². The Kier molecular flexibility index (Phi) is 6.34. The molecule has 1 aliphatic rings. The summed E-state index contributed by atoms with van der Waals surface area (Å²) in [6.07, 6.45) is 1.07. The normalized spacial score (nSPS) is 14.4. The van der Waals surface area contributed by atoms with Gasteiger partial charge in [0.1, 0.15) is 0 Å². The summed E-state index contributed by atoms with van der Waals surface area (Å²) < 4.78 is 11.0. The van der Waals surface area contributed by atoms with E-state index in [4.69, 9.17) is 21.7 Å². The first-order valence-electron chi connectivity index (χ1n) is 6.83. The number of thiocarbonyl (C=S) groups is 1. The molecule has 1 amide bonds. The summed E-state index contributed by atoms with van der Waals surface area (Å²) in [7, 11) is 0. The molecule has 0 unspecified atom stereocenters. The van der Waals surface area contributed by atoms with Crippen LogP contribution in [0.3, 0.4) is 0 Å². The van der Waals surface area contributed by atoms with Crippen LogP contribution in [0.15, 0.2) is 16.7 Å². The molecule has 1 aromatic heterocycles. The predicted molar refractivity (Wildman–Crippen MR) is 91.3 cm³/mol. The molecule has 1 fully saturated rings. The number of halogens is 1. The van der Waals surface area contributed by atoms with Crippen LogP contribution >= 0.6 is 28.1 Å². The number of hydrogen-bond acceptors (Lipinski definition) is 6. The number of pyridine rings is 1. The lowest BCUT2D eigenvalue weighted by Gasteiger charge is -2.30. The predicted octanol–water partition coefficient (Wildman–Crippen LogP) is 2.12. The van der Waals surface area contributed by atoms with Crippen LogP contribution in [0, 0.1) is 0 Å². The number of carbonyl (C=O) groups is 1. The Morgan fingerprint density at radius 3 is 2.95 bits per heavy atom. The molecule has 2 rings (SSSR count). The third-order valence-corrected chi connectivity index (χ3v) is 3.55. The first kappa shape index (κ1) is 16.9. The van der Waals surface area contributed by atoms with Crippen LogP contribution < -0.4 is 15.5 Å². The topological polar surface area (TPSA) is 75.7 Å². The number of morpholine rings is 1. The molecule has 22 heavy (non-hydrogen) atoms. The van der Waals surface area contributed by atoms with E-state index >= 15 is 0 Å². The van der Waals surface area contributed by atoms with Crippen LogP contribution in [0.25, 0.3) is 0 Å². The molecule has 0 saturated carbocycles. The van der Waals surface area contributed by atoms with Gasteiger partial charge in [0, 0.05) is 23.8 Å². The van der Waals surface area contributed by atoms with Gasteiger partial charge < -0.3 is 19.7 Å². The summed E-state index contributed by atoms with van der Waals surface area (Å²) in [5.74, 6) is 0.576. The second-order valence-electron chi connectivity index (χ2n) is 4.42. The third-order valence-electron chi connectivity index (χ3n) is 2.91. The van der Waals surface area contributed by atoms with Crippen molar-refractivity contribution in [2.45, 2.75) is 6.92 Å². The van der Waals surface area contributed by atoms with E-state index in [-0.39, 0.29) is 11.7 Å². The summed E-state index contributed by atoms with van der Waals surface area (Å²) in [5.41, 5.74) is 0.894. The maximum Gasteiger partial charge on any atom is 0.413 e. The van der Waals surface area contributed by atoms with Crippen molar-refractivity contribution < 1.29 is 14.3 Å². The highest BCUT2D eigenvalue weighted by Crippen LogP contribution is 2.27. The van der Waals surface area contributed by atoms with Crippen molar-refractivity contribution in [1.29, 1.82) is 0 Å². The molecular formula is C13H17BrN4O3S. The number of anilines is 2. The number of aromatic nitrogens is 1. The zero-order valence-corrected chi connectivity index (χ0v) is 14.5. The number of amides is 1. The standard InChI is InChI=1S/C13H17BrN4O3S/c1-2-21-13(19)17-12(22)16-11-10(7-9(14)8-15-11)18-3-5-20-6-4-18/h7-8H,2-6H2,1H3,(H2,15,16,17,19,22). The number of rotatable bonds is 3. The van der Waals surface area contributed by atoms with Crippen LogP contribution in [0.5, 0.6) is 0 Å². The monoisotopic (exact) mass is 388 g/mol. The summed E-state index contributed by atoms with van der Waals surface area (Å²) >= 11 is 8.52. The lowest BCUT2D eigenvalue weighted by Crippen LogP contribution is -2.38. The van der Waals surface area contributed by atoms with Gasteiger partial charge >= 0.3 is 6.09 Å². The van der Waals surface area contributed by atoms with Gasteiger partial charge in [0.05, 0.1) is 25.5 Å². The van der Waals surface area contributed by atoms with Gasteiger partial charge in [-0.05, 0) is 41.1 Å². The largest absolute Gasteiger partial charge is 0.450 e. The van der Waals surface area contributed by atoms with Crippen molar-refractivity contribution in [2.24, 2.45) is 0 Å². The van der Waals surface area contributed by atoms with Crippen molar-refractivity contribution in [1.82, 2.24) is 10.3 Å². The molecule has 0 bridgehead atoms. The highest BCUT2D eigenvalue weighted by Gasteiger charge is 2.17. The van der Waals surface area contributed by atoms with Gasteiger partial charge in [0.15, 0.2) is 10.9 Å². The second-order valence-corrected chi connectivity index (χ2v) is 5.74. The van der Waals surface area contributed by atoms with Crippen molar-refractivity contribution >= 4 is 50.9 Å². The molecule has 2 N–H and O–H groups in total. The van der Waals surface area contributed by atoms with Crippen LogP contribution in [-0.2, 0) is 9.47 Å². The number of nitrogens with one attached hydrogen (secondary N) is 2. The minimum atomic E-state index is -0.593. The molecule has 1 aliphatic heterocycles. The fraction of sp³-hybridized carbons (Fsp3) is 0.462. The molecular weight excluding hydrogens is 372 g/mol.